The summed E-state index contributed by atoms with van der Waals surface area (Å²) in [6.07, 6.45) is 3.00. The van der Waals surface area contributed by atoms with Crippen LogP contribution in [0.25, 0.3) is 0 Å². The molecule has 0 aromatic carbocycles. The number of hydrogen-bond donors (Lipinski definition) is 0. The summed E-state index contributed by atoms with van der Waals surface area (Å²) in [6.45, 7) is 10.2. The zero-order valence-electron chi connectivity index (χ0n) is 13.0. The third-order valence-electron chi connectivity index (χ3n) is 2.48. The lowest BCUT2D eigenvalue weighted by Crippen LogP contribution is -2.22. The van der Waals surface area contributed by atoms with Crippen molar-refractivity contribution in [3.05, 3.63) is 12.2 Å². The fraction of sp³-hybridized carbons (Fsp3) is 0.786. The Balaban J connectivity index is 3.39. The number of rotatable bonds is 13. The van der Waals surface area contributed by atoms with Gasteiger partial charge in [0.15, 0.2) is 9.76 Å². The number of unbranched alkanes of at least 4 members (excludes halogenated alkanes) is 2. The van der Waals surface area contributed by atoms with E-state index in [1.54, 1.807) is 6.92 Å². The van der Waals surface area contributed by atoms with E-state index in [9.17, 15) is 4.79 Å². The lowest BCUT2D eigenvalue weighted by atomic mass is 10.3. The van der Waals surface area contributed by atoms with Crippen molar-refractivity contribution >= 4 is 15.7 Å². The standard InChI is InChI=1S/C14H28O5Si/c1-5-16-14(17-6-2)19-20-11-9-7-8-10-18-13(15)12(3)4/h14H,3,5-11,20H2,1-2,4H3. The molecule has 6 heteroatoms. The van der Waals surface area contributed by atoms with E-state index in [2.05, 4.69) is 6.58 Å². The summed E-state index contributed by atoms with van der Waals surface area (Å²) < 4.78 is 21.2. The van der Waals surface area contributed by atoms with Crippen LogP contribution in [-0.4, -0.2) is 42.0 Å². The summed E-state index contributed by atoms with van der Waals surface area (Å²) in [6, 6.07) is 1.07. The maximum atomic E-state index is 11.1. The monoisotopic (exact) mass is 304 g/mol. The van der Waals surface area contributed by atoms with E-state index >= 15 is 0 Å². The quantitative estimate of drug-likeness (QED) is 0.172. The largest absolute Gasteiger partial charge is 0.462 e. The SMILES string of the molecule is C=C(C)C(=O)OCCCCC[SiH2]OC(OCC)OCC. The van der Waals surface area contributed by atoms with Gasteiger partial charge in [-0.2, -0.15) is 0 Å². The summed E-state index contributed by atoms with van der Waals surface area (Å²) >= 11 is 0. The van der Waals surface area contributed by atoms with E-state index in [4.69, 9.17) is 18.6 Å². The zero-order valence-corrected chi connectivity index (χ0v) is 14.4. The highest BCUT2D eigenvalue weighted by Crippen LogP contribution is 2.04. The summed E-state index contributed by atoms with van der Waals surface area (Å²) in [4.78, 5) is 11.1. The minimum Gasteiger partial charge on any atom is -0.462 e. The van der Waals surface area contributed by atoms with E-state index in [1.165, 1.54) is 0 Å². The molecule has 0 saturated heterocycles. The molecule has 0 aliphatic carbocycles. The zero-order chi connectivity index (χ0) is 15.2. The van der Waals surface area contributed by atoms with Crippen molar-refractivity contribution in [1.82, 2.24) is 0 Å². The first-order chi connectivity index (χ1) is 9.61. The highest BCUT2D eigenvalue weighted by atomic mass is 28.2. The summed E-state index contributed by atoms with van der Waals surface area (Å²) in [5.74, 6) is -0.307. The maximum absolute atomic E-state index is 11.1. The van der Waals surface area contributed by atoms with Crippen molar-refractivity contribution in [2.75, 3.05) is 19.8 Å². The number of hydrogen-bond acceptors (Lipinski definition) is 5. The van der Waals surface area contributed by atoms with Crippen molar-refractivity contribution in [2.45, 2.75) is 52.6 Å². The van der Waals surface area contributed by atoms with Crippen molar-refractivity contribution < 1.29 is 23.4 Å². The predicted molar refractivity (Wildman–Crippen MR) is 81.1 cm³/mol. The number of esters is 1. The minimum atomic E-state index is -0.611. The first-order valence-electron chi connectivity index (χ1n) is 7.29. The van der Waals surface area contributed by atoms with E-state index in [0.29, 0.717) is 25.4 Å². The smallest absolute Gasteiger partial charge is 0.333 e. The second-order valence-electron chi connectivity index (χ2n) is 4.40. The maximum Gasteiger partial charge on any atom is 0.333 e. The minimum absolute atomic E-state index is 0.307. The van der Waals surface area contributed by atoms with Gasteiger partial charge in [0.25, 0.3) is 6.48 Å². The predicted octanol–water partition coefficient (Wildman–Crippen LogP) is 2.15. The highest BCUT2D eigenvalue weighted by molar-refractivity contribution is 6.27. The highest BCUT2D eigenvalue weighted by Gasteiger charge is 2.07. The van der Waals surface area contributed by atoms with Gasteiger partial charge in [0.05, 0.1) is 6.61 Å². The fourth-order valence-corrected chi connectivity index (χ4v) is 2.55. The molecule has 5 nitrogen and oxygen atoms in total. The molecule has 0 amide bonds. The Morgan fingerprint density at radius 1 is 1.15 bits per heavy atom. The molecule has 0 aliphatic rings. The molecule has 0 aromatic rings. The van der Waals surface area contributed by atoms with Crippen LogP contribution in [0.2, 0.25) is 6.04 Å². The Kier molecular flexibility index (Phi) is 12.8. The van der Waals surface area contributed by atoms with Crippen LogP contribution in [0.1, 0.15) is 40.0 Å². The summed E-state index contributed by atoms with van der Waals surface area (Å²) in [5, 5.41) is 0. The molecule has 20 heavy (non-hydrogen) atoms. The van der Waals surface area contributed by atoms with Crippen LogP contribution < -0.4 is 0 Å². The van der Waals surface area contributed by atoms with Crippen LogP contribution in [0.3, 0.4) is 0 Å². The summed E-state index contributed by atoms with van der Waals surface area (Å²) in [7, 11) is -0.611. The van der Waals surface area contributed by atoms with E-state index < -0.39 is 16.2 Å². The Hall–Kier alpha value is -0.693. The Morgan fingerprint density at radius 3 is 2.35 bits per heavy atom. The van der Waals surface area contributed by atoms with E-state index in [0.717, 1.165) is 25.3 Å². The average molecular weight is 304 g/mol. The number of carbonyl (C=O) groups excluding carboxylic acids is 1. The van der Waals surface area contributed by atoms with Gasteiger partial charge in [-0.3, -0.25) is 0 Å². The molecule has 0 aromatic heterocycles. The Labute approximate surface area is 124 Å². The van der Waals surface area contributed by atoms with Gasteiger partial charge in [-0.25, -0.2) is 4.79 Å². The van der Waals surface area contributed by atoms with Gasteiger partial charge >= 0.3 is 5.97 Å². The van der Waals surface area contributed by atoms with Crippen LogP contribution in [0.4, 0.5) is 0 Å². The summed E-state index contributed by atoms with van der Waals surface area (Å²) in [5.41, 5.74) is 0.448. The molecule has 0 radical (unpaired) electrons. The Morgan fingerprint density at radius 2 is 1.80 bits per heavy atom. The first-order valence-corrected chi connectivity index (χ1v) is 8.87. The van der Waals surface area contributed by atoms with Gasteiger partial charge in [0.2, 0.25) is 0 Å². The van der Waals surface area contributed by atoms with E-state index in [-0.39, 0.29) is 5.97 Å². The second kappa shape index (κ2) is 13.3. The topological polar surface area (TPSA) is 54.0 Å². The molecule has 0 saturated carbocycles. The van der Waals surface area contributed by atoms with Gasteiger partial charge in [-0.15, -0.1) is 0 Å². The van der Waals surface area contributed by atoms with Crippen molar-refractivity contribution in [3.63, 3.8) is 0 Å². The molecule has 0 fully saturated rings. The lowest BCUT2D eigenvalue weighted by Gasteiger charge is -2.17. The van der Waals surface area contributed by atoms with Gasteiger partial charge in [-0.1, -0.05) is 19.4 Å². The third kappa shape index (κ3) is 11.2. The van der Waals surface area contributed by atoms with E-state index in [1.807, 2.05) is 13.8 Å². The molecule has 0 N–H and O–H groups in total. The van der Waals surface area contributed by atoms with Gasteiger partial charge < -0.3 is 18.6 Å². The average Bonchev–Trinajstić information content (AvgIpc) is 2.41. The molecule has 0 atom stereocenters. The van der Waals surface area contributed by atoms with Crippen LogP contribution in [0, 0.1) is 0 Å². The fourth-order valence-electron chi connectivity index (χ4n) is 1.44. The number of carbonyl (C=O) groups is 1. The molecule has 0 rings (SSSR count). The first kappa shape index (κ1) is 19.3. The van der Waals surface area contributed by atoms with Crippen LogP contribution in [0.5, 0.6) is 0 Å². The third-order valence-corrected chi connectivity index (χ3v) is 3.78. The molecule has 0 spiro atoms. The lowest BCUT2D eigenvalue weighted by molar-refractivity contribution is -0.243. The molecular weight excluding hydrogens is 276 g/mol. The number of ether oxygens (including phenoxy) is 3. The molecule has 118 valence electrons. The van der Waals surface area contributed by atoms with Crippen molar-refractivity contribution in [3.8, 4) is 0 Å². The second-order valence-corrected chi connectivity index (χ2v) is 5.85. The molecule has 0 unspecified atom stereocenters. The van der Waals surface area contributed by atoms with Crippen LogP contribution in [-0.2, 0) is 23.4 Å². The van der Waals surface area contributed by atoms with Gasteiger partial charge in [0.1, 0.15) is 0 Å². The molecule has 0 aliphatic heterocycles. The normalized spacial score (nSPS) is 11.4. The van der Waals surface area contributed by atoms with Gasteiger partial charge in [-0.05, 0) is 33.2 Å². The molecule has 0 heterocycles. The van der Waals surface area contributed by atoms with Crippen LogP contribution in [0.15, 0.2) is 12.2 Å². The Bertz CT molecular complexity index is 264. The van der Waals surface area contributed by atoms with Crippen molar-refractivity contribution in [1.29, 1.82) is 0 Å². The van der Waals surface area contributed by atoms with Gasteiger partial charge in [0, 0.05) is 18.8 Å². The molecule has 0 bridgehead atoms. The molecular formula is C14H28O5Si. The van der Waals surface area contributed by atoms with Crippen LogP contribution >= 0.6 is 0 Å². The van der Waals surface area contributed by atoms with Crippen molar-refractivity contribution in [2.24, 2.45) is 0 Å².